The number of fused-ring (bicyclic) bond motifs is 1. The molecule has 0 saturated carbocycles. The fourth-order valence-electron chi connectivity index (χ4n) is 3.49. The van der Waals surface area contributed by atoms with Crippen LogP contribution in [-0.2, 0) is 0 Å². The number of para-hydroxylation sites is 1. The molecule has 0 aliphatic carbocycles. The second kappa shape index (κ2) is 8.08. The van der Waals surface area contributed by atoms with Crippen molar-refractivity contribution in [2.75, 3.05) is 36.4 Å². The molecule has 4 aromatic rings. The number of nitrogens with one attached hydrogen (secondary N) is 1. The molecule has 2 aromatic carbocycles. The van der Waals surface area contributed by atoms with E-state index in [4.69, 9.17) is 0 Å². The second-order valence-corrected chi connectivity index (χ2v) is 7.82. The number of carbonyl (C=O) groups is 1. The predicted molar refractivity (Wildman–Crippen MR) is 120 cm³/mol. The van der Waals surface area contributed by atoms with E-state index in [-0.39, 0.29) is 6.03 Å². The second-order valence-electron chi connectivity index (χ2n) is 7.09. The summed E-state index contributed by atoms with van der Waals surface area (Å²) in [5.74, 6) is 0.750. The van der Waals surface area contributed by atoms with E-state index in [1.807, 2.05) is 65.6 Å². The summed E-state index contributed by atoms with van der Waals surface area (Å²) in [5, 5.41) is 4.87. The van der Waals surface area contributed by atoms with Crippen molar-refractivity contribution in [2.24, 2.45) is 0 Å². The number of urea groups is 1. The standard InChI is InChI=1S/C22H20N6OS/c29-21(24-18-14-17-8-4-5-9-19(17)23-15-18)27-10-12-28(13-11-27)22-25-20(26-30-22)16-6-2-1-3-7-16/h1-9,14-15H,10-13H2,(H,24,29). The molecule has 0 spiro atoms. The van der Waals surface area contributed by atoms with Crippen LogP contribution in [0.15, 0.2) is 66.9 Å². The molecule has 0 atom stereocenters. The quantitative estimate of drug-likeness (QED) is 0.544. The fraction of sp³-hybridized carbons (Fsp3) is 0.182. The first kappa shape index (κ1) is 18.5. The molecule has 1 N–H and O–H groups in total. The number of hydrogen-bond acceptors (Lipinski definition) is 6. The van der Waals surface area contributed by atoms with E-state index in [1.165, 1.54) is 11.5 Å². The van der Waals surface area contributed by atoms with Crippen LogP contribution in [0.1, 0.15) is 0 Å². The van der Waals surface area contributed by atoms with E-state index in [0.717, 1.165) is 40.5 Å². The molecule has 0 radical (unpaired) electrons. The van der Waals surface area contributed by atoms with Crippen molar-refractivity contribution in [3.05, 3.63) is 66.9 Å². The molecule has 7 nitrogen and oxygen atoms in total. The molecule has 5 rings (SSSR count). The van der Waals surface area contributed by atoms with E-state index in [1.54, 1.807) is 6.20 Å². The summed E-state index contributed by atoms with van der Waals surface area (Å²) in [6, 6.07) is 19.7. The highest BCUT2D eigenvalue weighted by molar-refractivity contribution is 7.09. The minimum atomic E-state index is -0.103. The van der Waals surface area contributed by atoms with Crippen LogP contribution in [0.25, 0.3) is 22.3 Å². The molecule has 150 valence electrons. The lowest BCUT2D eigenvalue weighted by Crippen LogP contribution is -2.50. The molecule has 8 heteroatoms. The Hall–Kier alpha value is -3.52. The predicted octanol–water partition coefficient (Wildman–Crippen LogP) is 4.11. The van der Waals surface area contributed by atoms with Gasteiger partial charge in [0.05, 0.1) is 17.4 Å². The minimum absolute atomic E-state index is 0.103. The van der Waals surface area contributed by atoms with Crippen molar-refractivity contribution < 1.29 is 4.79 Å². The van der Waals surface area contributed by atoms with Crippen LogP contribution in [0.2, 0.25) is 0 Å². The van der Waals surface area contributed by atoms with E-state index < -0.39 is 0 Å². The van der Waals surface area contributed by atoms with Crippen LogP contribution in [-0.4, -0.2) is 51.5 Å². The molecule has 3 heterocycles. The first-order chi connectivity index (χ1) is 14.8. The van der Waals surface area contributed by atoms with E-state index >= 15 is 0 Å². The summed E-state index contributed by atoms with van der Waals surface area (Å²) >= 11 is 1.40. The van der Waals surface area contributed by atoms with Crippen LogP contribution in [0.5, 0.6) is 0 Å². The van der Waals surface area contributed by atoms with Gasteiger partial charge in [-0.05, 0) is 12.1 Å². The molecule has 2 aromatic heterocycles. The molecule has 1 aliphatic rings. The highest BCUT2D eigenvalue weighted by atomic mass is 32.1. The average molecular weight is 417 g/mol. The lowest BCUT2D eigenvalue weighted by atomic mass is 10.2. The third-order valence-corrected chi connectivity index (χ3v) is 5.90. The Morgan fingerprint density at radius 3 is 2.57 bits per heavy atom. The Balaban J connectivity index is 1.20. The molecule has 0 bridgehead atoms. The lowest BCUT2D eigenvalue weighted by Gasteiger charge is -2.34. The third kappa shape index (κ3) is 3.81. The monoisotopic (exact) mass is 416 g/mol. The van der Waals surface area contributed by atoms with Crippen LogP contribution < -0.4 is 10.2 Å². The highest BCUT2D eigenvalue weighted by Gasteiger charge is 2.23. The Morgan fingerprint density at radius 2 is 1.73 bits per heavy atom. The van der Waals surface area contributed by atoms with Gasteiger partial charge in [0.25, 0.3) is 0 Å². The molecule has 2 amide bonds. The molecule has 30 heavy (non-hydrogen) atoms. The van der Waals surface area contributed by atoms with Gasteiger partial charge in [0, 0.05) is 48.7 Å². The van der Waals surface area contributed by atoms with E-state index in [9.17, 15) is 4.79 Å². The van der Waals surface area contributed by atoms with Crippen molar-refractivity contribution in [1.29, 1.82) is 0 Å². The number of benzene rings is 2. The van der Waals surface area contributed by atoms with Gasteiger partial charge in [-0.1, -0.05) is 48.5 Å². The largest absolute Gasteiger partial charge is 0.343 e. The number of aromatic nitrogens is 3. The van der Waals surface area contributed by atoms with Crippen LogP contribution in [0.4, 0.5) is 15.6 Å². The number of piperazine rings is 1. The zero-order valence-corrected chi connectivity index (χ0v) is 17.0. The van der Waals surface area contributed by atoms with Crippen LogP contribution >= 0.6 is 11.5 Å². The summed E-state index contributed by atoms with van der Waals surface area (Å²) in [6.07, 6.45) is 1.70. The van der Waals surface area contributed by atoms with Gasteiger partial charge < -0.3 is 15.1 Å². The molecule has 1 saturated heterocycles. The van der Waals surface area contributed by atoms with Crippen LogP contribution in [0.3, 0.4) is 0 Å². The zero-order chi connectivity index (χ0) is 20.3. The number of nitrogens with zero attached hydrogens (tertiary/aromatic N) is 5. The van der Waals surface area contributed by atoms with Crippen LogP contribution in [0, 0.1) is 0 Å². The molecule has 1 fully saturated rings. The molecule has 0 unspecified atom stereocenters. The Kier molecular flexibility index (Phi) is 4.98. The van der Waals surface area contributed by atoms with Gasteiger partial charge in [-0.15, -0.1) is 0 Å². The Bertz CT molecular complexity index is 1170. The number of hydrogen-bond donors (Lipinski definition) is 1. The smallest absolute Gasteiger partial charge is 0.322 e. The minimum Gasteiger partial charge on any atom is -0.343 e. The van der Waals surface area contributed by atoms with Crippen molar-refractivity contribution in [3.8, 4) is 11.4 Å². The van der Waals surface area contributed by atoms with E-state index in [0.29, 0.717) is 18.8 Å². The maximum absolute atomic E-state index is 12.7. The topological polar surface area (TPSA) is 74.2 Å². The number of amides is 2. The maximum atomic E-state index is 12.7. The normalized spacial score (nSPS) is 14.1. The number of rotatable bonds is 3. The number of anilines is 2. The Labute approximate surface area is 178 Å². The summed E-state index contributed by atoms with van der Waals surface area (Å²) < 4.78 is 4.49. The van der Waals surface area contributed by atoms with Crippen molar-refractivity contribution in [3.63, 3.8) is 0 Å². The summed E-state index contributed by atoms with van der Waals surface area (Å²) in [6.45, 7) is 2.72. The molecular weight excluding hydrogens is 396 g/mol. The fourth-order valence-corrected chi connectivity index (χ4v) is 4.23. The van der Waals surface area contributed by atoms with Gasteiger partial charge >= 0.3 is 6.03 Å². The van der Waals surface area contributed by atoms with Gasteiger partial charge in [0.2, 0.25) is 5.13 Å². The van der Waals surface area contributed by atoms with Gasteiger partial charge in [-0.3, -0.25) is 4.98 Å². The van der Waals surface area contributed by atoms with Gasteiger partial charge in [-0.25, -0.2) is 4.79 Å². The average Bonchev–Trinajstić information content (AvgIpc) is 3.30. The molecular formula is C22H20N6OS. The van der Waals surface area contributed by atoms with Gasteiger partial charge in [-0.2, -0.15) is 9.36 Å². The third-order valence-electron chi connectivity index (χ3n) is 5.13. The van der Waals surface area contributed by atoms with E-state index in [2.05, 4.69) is 24.6 Å². The Morgan fingerprint density at radius 1 is 0.967 bits per heavy atom. The SMILES string of the molecule is O=C(Nc1cnc2ccccc2c1)N1CCN(c2nc(-c3ccccc3)ns2)CC1. The summed E-state index contributed by atoms with van der Waals surface area (Å²) in [4.78, 5) is 25.8. The molecule has 1 aliphatic heterocycles. The van der Waals surface area contributed by atoms with Gasteiger partial charge in [0.1, 0.15) is 0 Å². The highest BCUT2D eigenvalue weighted by Crippen LogP contribution is 2.25. The first-order valence-corrected chi connectivity index (χ1v) is 10.6. The number of carbonyl (C=O) groups excluding carboxylic acids is 1. The first-order valence-electron chi connectivity index (χ1n) is 9.81. The maximum Gasteiger partial charge on any atom is 0.322 e. The summed E-state index contributed by atoms with van der Waals surface area (Å²) in [5.41, 5.74) is 2.64. The van der Waals surface area contributed by atoms with Gasteiger partial charge in [0.15, 0.2) is 5.82 Å². The summed E-state index contributed by atoms with van der Waals surface area (Å²) in [7, 11) is 0. The van der Waals surface area contributed by atoms with Crippen molar-refractivity contribution >= 4 is 39.3 Å². The van der Waals surface area contributed by atoms with Crippen molar-refractivity contribution in [2.45, 2.75) is 0 Å². The lowest BCUT2D eigenvalue weighted by molar-refractivity contribution is 0.208. The number of pyridine rings is 1. The zero-order valence-electron chi connectivity index (χ0n) is 16.2. The van der Waals surface area contributed by atoms with Crippen molar-refractivity contribution in [1.82, 2.24) is 19.2 Å².